The molecule has 1 saturated carbocycles. The second-order valence-electron chi connectivity index (χ2n) is 4.48. The van der Waals surface area contributed by atoms with Crippen molar-refractivity contribution in [2.75, 3.05) is 7.11 Å². The molecular formula is C11H18BNO5. The van der Waals surface area contributed by atoms with Crippen LogP contribution in [-0.2, 0) is 19.1 Å². The SMILES string of the molecule is CBNC(=O)C1CCC(C(=O)OC)CC1C(=O)O. The van der Waals surface area contributed by atoms with Crippen LogP contribution in [0.25, 0.3) is 0 Å². The molecule has 1 fully saturated rings. The lowest BCUT2D eigenvalue weighted by atomic mass is 9.73. The van der Waals surface area contributed by atoms with Gasteiger partial charge in [-0.2, -0.15) is 0 Å². The molecule has 3 atom stereocenters. The fraction of sp³-hybridized carbons (Fsp3) is 0.727. The Morgan fingerprint density at radius 1 is 1.28 bits per heavy atom. The van der Waals surface area contributed by atoms with Gasteiger partial charge in [0.1, 0.15) is 0 Å². The molecule has 1 aliphatic carbocycles. The van der Waals surface area contributed by atoms with E-state index < -0.39 is 29.7 Å². The highest BCUT2D eigenvalue weighted by Gasteiger charge is 2.41. The first-order chi connectivity index (χ1) is 8.51. The molecule has 0 bridgehead atoms. The van der Waals surface area contributed by atoms with Gasteiger partial charge in [0, 0.05) is 0 Å². The molecule has 18 heavy (non-hydrogen) atoms. The number of hydrogen-bond donors (Lipinski definition) is 2. The largest absolute Gasteiger partial charge is 0.481 e. The van der Waals surface area contributed by atoms with E-state index >= 15 is 0 Å². The molecule has 1 aliphatic rings. The third-order valence-corrected chi connectivity index (χ3v) is 3.39. The summed E-state index contributed by atoms with van der Waals surface area (Å²) in [5, 5.41) is 11.8. The third-order valence-electron chi connectivity index (χ3n) is 3.39. The smallest absolute Gasteiger partial charge is 0.308 e. The molecule has 0 radical (unpaired) electrons. The quantitative estimate of drug-likeness (QED) is 0.535. The van der Waals surface area contributed by atoms with Gasteiger partial charge in [0.15, 0.2) is 0 Å². The average Bonchev–Trinajstić information content (AvgIpc) is 2.37. The van der Waals surface area contributed by atoms with Crippen LogP contribution in [0.15, 0.2) is 0 Å². The van der Waals surface area contributed by atoms with Gasteiger partial charge in [-0.25, -0.2) is 0 Å². The lowest BCUT2D eigenvalue weighted by Crippen LogP contribution is -2.43. The number of carboxylic acids is 1. The Morgan fingerprint density at radius 2 is 1.94 bits per heavy atom. The highest BCUT2D eigenvalue weighted by molar-refractivity contribution is 6.35. The highest BCUT2D eigenvalue weighted by Crippen LogP contribution is 2.35. The molecule has 0 saturated heterocycles. The number of methoxy groups -OCH3 is 1. The van der Waals surface area contributed by atoms with Crippen LogP contribution < -0.4 is 5.23 Å². The van der Waals surface area contributed by atoms with Crippen LogP contribution in [0.4, 0.5) is 0 Å². The fourth-order valence-corrected chi connectivity index (χ4v) is 2.44. The van der Waals surface area contributed by atoms with Gasteiger partial charge in [-0.05, 0) is 19.3 Å². The minimum absolute atomic E-state index is 0.170. The summed E-state index contributed by atoms with van der Waals surface area (Å²) >= 11 is 0. The maximum atomic E-state index is 11.8. The number of hydrogen-bond acceptors (Lipinski definition) is 4. The van der Waals surface area contributed by atoms with E-state index in [1.54, 1.807) is 6.82 Å². The van der Waals surface area contributed by atoms with Gasteiger partial charge >= 0.3 is 11.9 Å². The molecule has 100 valence electrons. The van der Waals surface area contributed by atoms with Gasteiger partial charge in [-0.1, -0.05) is 6.82 Å². The van der Waals surface area contributed by atoms with E-state index in [4.69, 9.17) is 5.11 Å². The van der Waals surface area contributed by atoms with Crippen LogP contribution in [0.1, 0.15) is 19.3 Å². The van der Waals surface area contributed by atoms with Crippen LogP contribution in [-0.4, -0.2) is 37.5 Å². The zero-order chi connectivity index (χ0) is 13.7. The van der Waals surface area contributed by atoms with Crippen molar-refractivity contribution in [2.45, 2.75) is 26.1 Å². The molecular weight excluding hydrogens is 237 g/mol. The van der Waals surface area contributed by atoms with Crippen molar-refractivity contribution in [3.05, 3.63) is 0 Å². The minimum atomic E-state index is -1.03. The highest BCUT2D eigenvalue weighted by atomic mass is 16.5. The minimum Gasteiger partial charge on any atom is -0.481 e. The van der Waals surface area contributed by atoms with Gasteiger partial charge in [-0.15, -0.1) is 0 Å². The van der Waals surface area contributed by atoms with Crippen molar-refractivity contribution < 1.29 is 24.2 Å². The molecule has 2 N–H and O–H groups in total. The first kappa shape index (κ1) is 14.5. The Hall–Kier alpha value is -1.53. The van der Waals surface area contributed by atoms with Gasteiger partial charge in [0.25, 0.3) is 0 Å². The fourth-order valence-electron chi connectivity index (χ4n) is 2.44. The molecule has 1 rings (SSSR count). The molecule has 3 unspecified atom stereocenters. The van der Waals surface area contributed by atoms with Crippen molar-refractivity contribution in [1.29, 1.82) is 0 Å². The normalized spacial score (nSPS) is 27.1. The molecule has 0 aromatic rings. The molecule has 1 amide bonds. The second-order valence-corrected chi connectivity index (χ2v) is 4.48. The lowest BCUT2D eigenvalue weighted by molar-refractivity contribution is -0.155. The maximum absolute atomic E-state index is 11.8. The Morgan fingerprint density at radius 3 is 2.44 bits per heavy atom. The van der Waals surface area contributed by atoms with E-state index in [0.29, 0.717) is 20.3 Å². The van der Waals surface area contributed by atoms with Crippen LogP contribution in [0, 0.1) is 17.8 Å². The maximum Gasteiger partial charge on any atom is 0.308 e. The molecule has 0 heterocycles. The average molecular weight is 255 g/mol. The lowest BCUT2D eigenvalue weighted by Gasteiger charge is -2.31. The number of rotatable bonds is 4. The summed E-state index contributed by atoms with van der Waals surface area (Å²) in [7, 11) is 1.76. The van der Waals surface area contributed by atoms with E-state index in [-0.39, 0.29) is 12.3 Å². The zero-order valence-electron chi connectivity index (χ0n) is 10.6. The van der Waals surface area contributed by atoms with E-state index in [1.807, 2.05) is 0 Å². The predicted molar refractivity (Wildman–Crippen MR) is 65.1 cm³/mol. The standard InChI is InChI=1S/C11H18BNO5/c1-12-13-9(14)7-4-3-6(11(17)18-2)5-8(7)10(15)16/h6-8,12H,3-5H2,1-2H3,(H,13,14)(H,15,16). The number of carboxylic acid groups (broad SMARTS) is 1. The monoisotopic (exact) mass is 255 g/mol. The summed E-state index contributed by atoms with van der Waals surface area (Å²) < 4.78 is 4.63. The van der Waals surface area contributed by atoms with Crippen molar-refractivity contribution in [3.63, 3.8) is 0 Å². The summed E-state index contributed by atoms with van der Waals surface area (Å²) in [6, 6.07) is 0. The summed E-state index contributed by atoms with van der Waals surface area (Å²) in [5.74, 6) is -3.44. The topological polar surface area (TPSA) is 92.7 Å². The van der Waals surface area contributed by atoms with Crippen LogP contribution >= 0.6 is 0 Å². The van der Waals surface area contributed by atoms with E-state index in [9.17, 15) is 14.4 Å². The Kier molecular flexibility index (Phi) is 5.18. The third kappa shape index (κ3) is 3.24. The number of carbonyl (C=O) groups excluding carboxylic acids is 2. The first-order valence-corrected chi connectivity index (χ1v) is 6.09. The molecule has 0 aromatic heterocycles. The molecule has 6 nitrogen and oxygen atoms in total. The summed E-state index contributed by atoms with van der Waals surface area (Å²) in [6.45, 7) is 1.79. The molecule has 7 heteroatoms. The van der Waals surface area contributed by atoms with E-state index in [0.717, 1.165) is 0 Å². The summed E-state index contributed by atoms with van der Waals surface area (Å²) in [4.78, 5) is 34.4. The van der Waals surface area contributed by atoms with Crippen LogP contribution in [0.5, 0.6) is 0 Å². The number of carbonyl (C=O) groups is 3. The number of ether oxygens (including phenoxy) is 1. The number of nitrogens with one attached hydrogen (secondary N) is 1. The Labute approximate surface area is 106 Å². The van der Waals surface area contributed by atoms with Crippen LogP contribution in [0.3, 0.4) is 0 Å². The second kappa shape index (κ2) is 6.42. The summed E-state index contributed by atoms with van der Waals surface area (Å²) in [6.07, 6.45) is 1.07. The molecule has 0 aliphatic heterocycles. The predicted octanol–water partition coefficient (Wildman–Crippen LogP) is -0.208. The Bertz CT molecular complexity index is 346. The Balaban J connectivity index is 2.75. The van der Waals surface area contributed by atoms with E-state index in [1.165, 1.54) is 7.11 Å². The van der Waals surface area contributed by atoms with Crippen molar-refractivity contribution in [3.8, 4) is 0 Å². The van der Waals surface area contributed by atoms with E-state index in [2.05, 4.69) is 9.96 Å². The number of aliphatic carboxylic acids is 1. The van der Waals surface area contributed by atoms with Crippen molar-refractivity contribution in [1.82, 2.24) is 5.23 Å². The zero-order valence-corrected chi connectivity index (χ0v) is 10.6. The number of esters is 1. The summed E-state index contributed by atoms with van der Waals surface area (Å²) in [5.41, 5.74) is 0. The molecule has 0 aromatic carbocycles. The van der Waals surface area contributed by atoms with Crippen LogP contribution in [0.2, 0.25) is 6.82 Å². The van der Waals surface area contributed by atoms with Crippen molar-refractivity contribution in [2.24, 2.45) is 17.8 Å². The first-order valence-electron chi connectivity index (χ1n) is 6.09. The van der Waals surface area contributed by atoms with Gasteiger partial charge in [0.2, 0.25) is 13.3 Å². The van der Waals surface area contributed by atoms with Gasteiger partial charge in [0.05, 0.1) is 24.9 Å². The number of amides is 1. The van der Waals surface area contributed by atoms with Gasteiger partial charge < -0.3 is 15.1 Å². The van der Waals surface area contributed by atoms with Gasteiger partial charge in [-0.3, -0.25) is 14.4 Å². The molecule has 0 spiro atoms. The van der Waals surface area contributed by atoms with Crippen molar-refractivity contribution >= 4 is 25.3 Å².